The quantitative estimate of drug-likeness (QED) is 0.370. The van der Waals surface area contributed by atoms with Crippen molar-refractivity contribution in [2.75, 3.05) is 20.8 Å². The van der Waals surface area contributed by atoms with Crippen LogP contribution in [0.1, 0.15) is 43.7 Å². The van der Waals surface area contributed by atoms with Crippen molar-refractivity contribution >= 4 is 5.96 Å². The Morgan fingerprint density at radius 3 is 2.59 bits per heavy atom. The molecule has 1 aliphatic carbocycles. The van der Waals surface area contributed by atoms with Crippen LogP contribution in [0.3, 0.4) is 0 Å². The van der Waals surface area contributed by atoms with E-state index in [1.54, 1.807) is 14.2 Å². The van der Waals surface area contributed by atoms with Crippen LogP contribution < -0.4 is 20.1 Å². The van der Waals surface area contributed by atoms with Gasteiger partial charge in [0.05, 0.1) is 26.9 Å². The third kappa shape index (κ3) is 6.17. The molecule has 0 spiro atoms. The summed E-state index contributed by atoms with van der Waals surface area (Å²) in [6, 6.07) is 4.41. The van der Waals surface area contributed by atoms with Gasteiger partial charge in [0.1, 0.15) is 0 Å². The molecule has 6 heteroatoms. The van der Waals surface area contributed by atoms with E-state index in [2.05, 4.69) is 30.2 Å². The number of nitrogens with one attached hydrogen (secondary N) is 2. The Morgan fingerprint density at radius 1 is 1.26 bits per heavy atom. The van der Waals surface area contributed by atoms with Gasteiger partial charge in [-0.1, -0.05) is 6.08 Å². The monoisotopic (exact) mass is 375 g/mol. The summed E-state index contributed by atoms with van der Waals surface area (Å²) >= 11 is 0. The summed E-state index contributed by atoms with van der Waals surface area (Å²) in [5.74, 6) is 2.26. The van der Waals surface area contributed by atoms with Gasteiger partial charge in [0.2, 0.25) is 0 Å². The van der Waals surface area contributed by atoms with Gasteiger partial charge in [-0.3, -0.25) is 0 Å². The molecule has 3 N–H and O–H groups in total. The summed E-state index contributed by atoms with van der Waals surface area (Å²) in [5, 5.41) is 16.5. The Balaban J connectivity index is 2.14. The van der Waals surface area contributed by atoms with Gasteiger partial charge < -0.3 is 25.2 Å². The first-order valence-electron chi connectivity index (χ1n) is 9.68. The summed E-state index contributed by atoms with van der Waals surface area (Å²) in [6.45, 7) is 7.22. The van der Waals surface area contributed by atoms with Crippen LogP contribution in [-0.2, 0) is 13.0 Å². The van der Waals surface area contributed by atoms with E-state index in [9.17, 15) is 5.11 Å². The van der Waals surface area contributed by atoms with Crippen molar-refractivity contribution in [3.63, 3.8) is 0 Å². The number of aliphatic hydroxyl groups is 1. The van der Waals surface area contributed by atoms with Crippen LogP contribution in [0.5, 0.6) is 11.5 Å². The lowest BCUT2D eigenvalue weighted by Gasteiger charge is -2.27. The minimum absolute atomic E-state index is 0.155. The van der Waals surface area contributed by atoms with Crippen molar-refractivity contribution in [2.24, 2.45) is 4.99 Å². The number of guanidine groups is 1. The van der Waals surface area contributed by atoms with Crippen LogP contribution in [0, 0.1) is 0 Å². The fourth-order valence-electron chi connectivity index (χ4n) is 3.41. The number of aliphatic hydroxyl groups excluding tert-OH is 1. The highest BCUT2D eigenvalue weighted by Gasteiger charge is 2.20. The number of methoxy groups -OCH3 is 2. The van der Waals surface area contributed by atoms with Crippen molar-refractivity contribution in [3.8, 4) is 11.5 Å². The van der Waals surface area contributed by atoms with E-state index in [1.807, 2.05) is 12.1 Å². The van der Waals surface area contributed by atoms with Crippen molar-refractivity contribution in [1.29, 1.82) is 0 Å². The molecular weight excluding hydrogens is 342 g/mol. The number of ether oxygens (including phenoxy) is 2. The van der Waals surface area contributed by atoms with Crippen LogP contribution in [-0.4, -0.2) is 44.0 Å². The van der Waals surface area contributed by atoms with Crippen molar-refractivity contribution in [3.05, 3.63) is 35.9 Å². The number of hydrogen-bond donors (Lipinski definition) is 3. The Hall–Kier alpha value is -2.21. The summed E-state index contributed by atoms with van der Waals surface area (Å²) in [4.78, 5) is 4.74. The average Bonchev–Trinajstić information content (AvgIpc) is 2.67. The van der Waals surface area contributed by atoms with Crippen molar-refractivity contribution in [2.45, 2.75) is 57.7 Å². The molecule has 0 bridgehead atoms. The fourth-order valence-corrected chi connectivity index (χ4v) is 3.41. The molecule has 0 heterocycles. The predicted molar refractivity (Wildman–Crippen MR) is 110 cm³/mol. The molecule has 1 saturated carbocycles. The predicted octanol–water partition coefficient (Wildman–Crippen LogP) is 2.79. The fraction of sp³-hybridized carbons (Fsp3) is 0.571. The highest BCUT2D eigenvalue weighted by molar-refractivity contribution is 5.80. The molecule has 2 rings (SSSR count). The van der Waals surface area contributed by atoms with E-state index in [0.29, 0.717) is 24.8 Å². The molecule has 0 saturated heterocycles. The van der Waals surface area contributed by atoms with E-state index < -0.39 is 0 Å². The Bertz CT molecular complexity index is 638. The van der Waals surface area contributed by atoms with Gasteiger partial charge >= 0.3 is 0 Å². The largest absolute Gasteiger partial charge is 0.493 e. The van der Waals surface area contributed by atoms with Gasteiger partial charge in [-0.15, -0.1) is 6.58 Å². The minimum atomic E-state index is -0.155. The maximum absolute atomic E-state index is 9.68. The second kappa shape index (κ2) is 10.8. The van der Waals surface area contributed by atoms with Crippen LogP contribution in [0.15, 0.2) is 29.8 Å². The first-order chi connectivity index (χ1) is 13.1. The van der Waals surface area contributed by atoms with Crippen molar-refractivity contribution < 1.29 is 14.6 Å². The molecule has 1 aromatic rings. The third-order valence-corrected chi connectivity index (χ3v) is 4.78. The van der Waals surface area contributed by atoms with Gasteiger partial charge in [-0.05, 0) is 56.7 Å². The first kappa shape index (κ1) is 21.1. The van der Waals surface area contributed by atoms with E-state index >= 15 is 0 Å². The van der Waals surface area contributed by atoms with Crippen molar-refractivity contribution in [1.82, 2.24) is 10.6 Å². The zero-order chi connectivity index (χ0) is 19.6. The number of nitrogens with zero attached hydrogens (tertiary/aromatic N) is 1. The van der Waals surface area contributed by atoms with E-state index in [4.69, 9.17) is 14.5 Å². The van der Waals surface area contributed by atoms with E-state index in [0.717, 1.165) is 55.1 Å². The van der Waals surface area contributed by atoms with Crippen LogP contribution in [0.2, 0.25) is 0 Å². The topological polar surface area (TPSA) is 75.1 Å². The molecule has 6 nitrogen and oxygen atoms in total. The SMILES string of the molecule is C=CCc1cc(CN=C(NCC)NC2CCC(O)CC2)cc(OC)c1OC. The standard InChI is InChI=1S/C21H33N3O3/c1-5-7-16-12-15(13-19(26-3)20(16)27-4)14-23-21(22-6-2)24-17-8-10-18(25)11-9-17/h5,12-13,17-18,25H,1,6-11,14H2,2-4H3,(H2,22,23,24). The maximum Gasteiger partial charge on any atom is 0.191 e. The highest BCUT2D eigenvalue weighted by atomic mass is 16.5. The molecule has 1 aromatic carbocycles. The summed E-state index contributed by atoms with van der Waals surface area (Å²) < 4.78 is 11.0. The normalized spacial score (nSPS) is 20.1. The molecule has 0 aromatic heterocycles. The Kier molecular flexibility index (Phi) is 8.45. The molecule has 0 amide bonds. The molecular formula is C21H33N3O3. The number of allylic oxidation sites excluding steroid dienone is 1. The zero-order valence-electron chi connectivity index (χ0n) is 16.8. The molecule has 0 aliphatic heterocycles. The van der Waals surface area contributed by atoms with E-state index in [1.165, 1.54) is 0 Å². The summed E-state index contributed by atoms with van der Waals surface area (Å²) in [7, 11) is 3.29. The Morgan fingerprint density at radius 2 is 2.00 bits per heavy atom. The highest BCUT2D eigenvalue weighted by Crippen LogP contribution is 2.33. The molecule has 1 aliphatic rings. The van der Waals surface area contributed by atoms with Crippen LogP contribution in [0.4, 0.5) is 0 Å². The number of benzene rings is 1. The van der Waals surface area contributed by atoms with Crippen LogP contribution >= 0.6 is 0 Å². The second-order valence-electron chi connectivity index (χ2n) is 6.83. The third-order valence-electron chi connectivity index (χ3n) is 4.78. The average molecular weight is 376 g/mol. The Labute approximate surface area is 162 Å². The van der Waals surface area contributed by atoms with E-state index in [-0.39, 0.29) is 6.10 Å². The zero-order valence-corrected chi connectivity index (χ0v) is 16.8. The summed E-state index contributed by atoms with van der Waals surface area (Å²) in [6.07, 6.45) is 6.03. The van der Waals surface area contributed by atoms with Gasteiger partial charge in [0.25, 0.3) is 0 Å². The van der Waals surface area contributed by atoms with Gasteiger partial charge in [0.15, 0.2) is 17.5 Å². The minimum Gasteiger partial charge on any atom is -0.493 e. The number of aliphatic imine (C=N–C) groups is 1. The number of rotatable bonds is 8. The number of hydrogen-bond acceptors (Lipinski definition) is 4. The molecule has 0 unspecified atom stereocenters. The molecule has 150 valence electrons. The lowest BCUT2D eigenvalue weighted by Crippen LogP contribution is -2.45. The molecule has 0 atom stereocenters. The van der Waals surface area contributed by atoms with Gasteiger partial charge in [-0.25, -0.2) is 4.99 Å². The van der Waals surface area contributed by atoms with Crippen LogP contribution in [0.25, 0.3) is 0 Å². The maximum atomic E-state index is 9.68. The smallest absolute Gasteiger partial charge is 0.191 e. The molecule has 27 heavy (non-hydrogen) atoms. The lowest BCUT2D eigenvalue weighted by molar-refractivity contribution is 0.120. The van der Waals surface area contributed by atoms with Gasteiger partial charge in [-0.2, -0.15) is 0 Å². The molecule has 1 fully saturated rings. The summed E-state index contributed by atoms with van der Waals surface area (Å²) in [5.41, 5.74) is 2.09. The molecule has 0 radical (unpaired) electrons. The first-order valence-corrected chi connectivity index (χ1v) is 9.68. The van der Waals surface area contributed by atoms with Gasteiger partial charge in [0, 0.05) is 18.2 Å². The second-order valence-corrected chi connectivity index (χ2v) is 6.83. The lowest BCUT2D eigenvalue weighted by atomic mass is 9.93.